The van der Waals surface area contributed by atoms with Crippen LogP contribution in [0.3, 0.4) is 0 Å². The van der Waals surface area contributed by atoms with E-state index < -0.39 is 9.84 Å². The summed E-state index contributed by atoms with van der Waals surface area (Å²) in [5, 5.41) is 0. The van der Waals surface area contributed by atoms with E-state index in [1.54, 1.807) is 30.3 Å². The maximum Gasteiger partial charge on any atom is 0.185 e. The molecule has 1 aromatic heterocycles. The monoisotopic (exact) mass is 301 g/mol. The van der Waals surface area contributed by atoms with Crippen LogP contribution in [0.25, 0.3) is 0 Å². The van der Waals surface area contributed by atoms with Crippen LogP contribution in [0.5, 0.6) is 0 Å². The van der Waals surface area contributed by atoms with E-state index in [0.29, 0.717) is 9.21 Å². The Morgan fingerprint density at radius 2 is 2.00 bits per heavy atom. The molecule has 1 aromatic carbocycles. The molecule has 0 spiro atoms. The summed E-state index contributed by atoms with van der Waals surface area (Å²) < 4.78 is 25.1. The lowest BCUT2D eigenvalue weighted by atomic mass is 10.2. The number of hydrogen-bond donors (Lipinski definition) is 1. The van der Waals surface area contributed by atoms with Gasteiger partial charge in [0.2, 0.25) is 0 Å². The molecule has 2 rings (SSSR count). The van der Waals surface area contributed by atoms with Crippen molar-refractivity contribution in [2.45, 2.75) is 17.6 Å². The third-order valence-corrected chi connectivity index (χ3v) is 5.59. The lowest BCUT2D eigenvalue weighted by molar-refractivity contribution is 0.596. The molecule has 3 nitrogen and oxygen atoms in total. The Labute approximate surface area is 115 Å². The van der Waals surface area contributed by atoms with E-state index in [-0.39, 0.29) is 16.3 Å². The number of thiophene rings is 1. The summed E-state index contributed by atoms with van der Waals surface area (Å²) in [5.41, 5.74) is 6.88. The summed E-state index contributed by atoms with van der Waals surface area (Å²) in [4.78, 5) is 0.896. The molecule has 6 heteroatoms. The Hall–Kier alpha value is -1.04. The smallest absolute Gasteiger partial charge is 0.185 e. The zero-order chi connectivity index (χ0) is 13.3. The minimum absolute atomic E-state index is 0.0714. The molecule has 0 saturated heterocycles. The molecule has 0 radical (unpaired) electrons. The maximum atomic E-state index is 12.3. The highest BCUT2D eigenvalue weighted by atomic mass is 35.5. The van der Waals surface area contributed by atoms with Crippen molar-refractivity contribution in [3.8, 4) is 0 Å². The predicted octanol–water partition coefficient (Wildman–Crippen LogP) is 3.27. The normalized spacial score (nSPS) is 11.7. The molecule has 0 atom stereocenters. The van der Waals surface area contributed by atoms with Gasteiger partial charge in [0.1, 0.15) is 0 Å². The van der Waals surface area contributed by atoms with Crippen molar-refractivity contribution in [2.24, 2.45) is 0 Å². The van der Waals surface area contributed by atoms with Crippen molar-refractivity contribution in [1.82, 2.24) is 0 Å². The van der Waals surface area contributed by atoms with Gasteiger partial charge in [-0.25, -0.2) is 8.42 Å². The van der Waals surface area contributed by atoms with Crippen molar-refractivity contribution in [3.05, 3.63) is 45.1 Å². The second-order valence-corrected chi connectivity index (χ2v) is 7.76. The van der Waals surface area contributed by atoms with E-state index in [4.69, 9.17) is 17.3 Å². The van der Waals surface area contributed by atoms with Gasteiger partial charge in [-0.05, 0) is 36.8 Å². The van der Waals surface area contributed by atoms with Crippen LogP contribution >= 0.6 is 22.9 Å². The molecule has 0 unspecified atom stereocenters. The second-order valence-electron chi connectivity index (χ2n) is 4.01. The number of rotatable bonds is 3. The van der Waals surface area contributed by atoms with Gasteiger partial charge < -0.3 is 5.73 Å². The third-order valence-electron chi connectivity index (χ3n) is 2.47. The third kappa shape index (κ3) is 2.85. The molecule has 2 aromatic rings. The number of aryl methyl sites for hydroxylation is 1. The first kappa shape index (κ1) is 13.4. The number of anilines is 1. The van der Waals surface area contributed by atoms with Crippen LogP contribution < -0.4 is 5.73 Å². The van der Waals surface area contributed by atoms with Gasteiger partial charge in [-0.3, -0.25) is 0 Å². The highest BCUT2D eigenvalue weighted by Gasteiger charge is 2.19. The minimum atomic E-state index is -3.43. The van der Waals surface area contributed by atoms with Gasteiger partial charge in [-0.1, -0.05) is 17.7 Å². The number of sulfone groups is 1. The molecule has 18 heavy (non-hydrogen) atoms. The number of nitrogen functional groups attached to an aromatic ring is 1. The summed E-state index contributed by atoms with van der Waals surface area (Å²) in [7, 11) is -3.43. The molecular weight excluding hydrogens is 290 g/mol. The lowest BCUT2D eigenvalue weighted by Gasteiger charge is -2.07. The molecule has 1 heterocycles. The summed E-state index contributed by atoms with van der Waals surface area (Å²) in [6, 6.07) is 8.41. The summed E-state index contributed by atoms with van der Waals surface area (Å²) >= 11 is 7.06. The van der Waals surface area contributed by atoms with Gasteiger partial charge in [0.05, 0.1) is 20.7 Å². The molecule has 0 saturated carbocycles. The number of hydrogen-bond acceptors (Lipinski definition) is 4. The van der Waals surface area contributed by atoms with Crippen molar-refractivity contribution in [2.75, 3.05) is 5.73 Å². The Kier molecular flexibility index (Phi) is 3.66. The fourth-order valence-electron chi connectivity index (χ4n) is 1.61. The van der Waals surface area contributed by atoms with Gasteiger partial charge in [-0.15, -0.1) is 11.3 Å². The minimum Gasteiger partial charge on any atom is -0.398 e. The highest BCUT2D eigenvalue weighted by molar-refractivity contribution is 7.91. The van der Waals surface area contributed by atoms with E-state index in [1.165, 1.54) is 11.3 Å². The molecule has 0 bridgehead atoms. The Bertz CT molecular complexity index is 677. The number of benzene rings is 1. The fraction of sp³-hybridized carbons (Fsp3) is 0.167. The average molecular weight is 302 g/mol. The Morgan fingerprint density at radius 1 is 1.28 bits per heavy atom. The van der Waals surface area contributed by atoms with Crippen molar-refractivity contribution < 1.29 is 8.42 Å². The molecule has 0 fully saturated rings. The van der Waals surface area contributed by atoms with Crippen LogP contribution in [0, 0.1) is 6.92 Å². The summed E-state index contributed by atoms with van der Waals surface area (Å²) in [6.07, 6.45) is 0. The van der Waals surface area contributed by atoms with Crippen LogP contribution in [-0.2, 0) is 15.6 Å². The SMILES string of the molecule is Cc1ccc(N)c(S(=O)(=O)Cc2ccc(Cl)s2)c1. The standard InChI is InChI=1S/C12H12ClNO2S2/c1-8-2-4-10(14)11(6-8)18(15,16)7-9-3-5-12(13)17-9/h2-6H,7,14H2,1H3. The largest absolute Gasteiger partial charge is 0.398 e. The summed E-state index contributed by atoms with van der Waals surface area (Å²) in [6.45, 7) is 1.83. The maximum absolute atomic E-state index is 12.3. The zero-order valence-corrected chi connectivity index (χ0v) is 12.1. The topological polar surface area (TPSA) is 60.2 Å². The predicted molar refractivity (Wildman–Crippen MR) is 75.8 cm³/mol. The Morgan fingerprint density at radius 3 is 2.61 bits per heavy atom. The van der Waals surface area contributed by atoms with E-state index in [0.717, 1.165) is 5.56 Å². The van der Waals surface area contributed by atoms with Crippen LogP contribution in [0.2, 0.25) is 4.34 Å². The molecule has 0 aliphatic carbocycles. The molecule has 0 amide bonds. The van der Waals surface area contributed by atoms with Crippen molar-refractivity contribution >= 4 is 38.5 Å². The first-order valence-corrected chi connectivity index (χ1v) is 8.06. The first-order valence-electron chi connectivity index (χ1n) is 5.21. The van der Waals surface area contributed by atoms with Gasteiger partial charge in [0.25, 0.3) is 0 Å². The highest BCUT2D eigenvalue weighted by Crippen LogP contribution is 2.28. The van der Waals surface area contributed by atoms with Crippen LogP contribution in [0.1, 0.15) is 10.4 Å². The Balaban J connectivity index is 2.39. The van der Waals surface area contributed by atoms with E-state index in [2.05, 4.69) is 0 Å². The number of halogens is 1. The van der Waals surface area contributed by atoms with E-state index in [9.17, 15) is 8.42 Å². The molecule has 2 N–H and O–H groups in total. The van der Waals surface area contributed by atoms with Gasteiger partial charge in [-0.2, -0.15) is 0 Å². The lowest BCUT2D eigenvalue weighted by Crippen LogP contribution is -2.07. The van der Waals surface area contributed by atoms with E-state index in [1.807, 2.05) is 6.92 Å². The second kappa shape index (κ2) is 4.91. The first-order chi connectivity index (χ1) is 8.38. The van der Waals surface area contributed by atoms with Crippen LogP contribution in [0.15, 0.2) is 35.2 Å². The van der Waals surface area contributed by atoms with Gasteiger partial charge >= 0.3 is 0 Å². The van der Waals surface area contributed by atoms with E-state index >= 15 is 0 Å². The van der Waals surface area contributed by atoms with Crippen LogP contribution in [0.4, 0.5) is 5.69 Å². The molecular formula is C12H12ClNO2S2. The number of nitrogens with two attached hydrogens (primary N) is 1. The van der Waals surface area contributed by atoms with Crippen molar-refractivity contribution in [3.63, 3.8) is 0 Å². The molecule has 0 aliphatic heterocycles. The quantitative estimate of drug-likeness (QED) is 0.885. The van der Waals surface area contributed by atoms with Crippen LogP contribution in [-0.4, -0.2) is 8.42 Å². The fourth-order valence-corrected chi connectivity index (χ4v) is 4.61. The summed E-state index contributed by atoms with van der Waals surface area (Å²) in [5.74, 6) is -0.0714. The molecule has 0 aliphatic rings. The average Bonchev–Trinajstić information content (AvgIpc) is 2.66. The molecule has 96 valence electrons. The van der Waals surface area contributed by atoms with Gasteiger partial charge in [0.15, 0.2) is 9.84 Å². The zero-order valence-electron chi connectivity index (χ0n) is 9.68. The van der Waals surface area contributed by atoms with Crippen molar-refractivity contribution in [1.29, 1.82) is 0 Å². The van der Waals surface area contributed by atoms with Gasteiger partial charge in [0, 0.05) is 4.88 Å².